The molecule has 5 nitrogen and oxygen atoms in total. The zero-order valence-corrected chi connectivity index (χ0v) is 15.9. The Labute approximate surface area is 161 Å². The van der Waals surface area contributed by atoms with E-state index in [1.54, 1.807) is 12.1 Å². The van der Waals surface area contributed by atoms with E-state index in [-0.39, 0.29) is 17.4 Å². The molecule has 0 aliphatic rings. The Morgan fingerprint density at radius 1 is 1.14 bits per heavy atom. The summed E-state index contributed by atoms with van der Waals surface area (Å²) in [5.74, 6) is 0.0116. The van der Waals surface area contributed by atoms with Gasteiger partial charge in [-0.1, -0.05) is 12.1 Å². The highest BCUT2D eigenvalue weighted by Crippen LogP contribution is 2.29. The number of amides is 1. The topological polar surface area (TPSA) is 63.3 Å². The van der Waals surface area contributed by atoms with Crippen molar-refractivity contribution in [3.8, 4) is 11.5 Å². The molecule has 0 fully saturated rings. The van der Waals surface area contributed by atoms with Gasteiger partial charge < -0.3 is 19.8 Å². The summed E-state index contributed by atoms with van der Waals surface area (Å²) in [4.78, 5) is 15.6. The number of benzene rings is 2. The number of alkyl halides is 2. The lowest BCUT2D eigenvalue weighted by atomic mass is 10.1. The van der Waals surface area contributed by atoms with Crippen LogP contribution in [0.4, 0.5) is 8.78 Å². The van der Waals surface area contributed by atoms with Crippen LogP contribution in [0.25, 0.3) is 10.9 Å². The van der Waals surface area contributed by atoms with E-state index in [0.717, 1.165) is 27.6 Å². The second-order valence-corrected chi connectivity index (χ2v) is 6.60. The van der Waals surface area contributed by atoms with Crippen LogP contribution in [-0.4, -0.2) is 31.2 Å². The molecule has 2 aromatic carbocycles. The molecule has 0 aliphatic carbocycles. The lowest BCUT2D eigenvalue weighted by molar-refractivity contribution is -0.0512. The summed E-state index contributed by atoms with van der Waals surface area (Å²) in [6.45, 7) is 1.51. The van der Waals surface area contributed by atoms with Crippen LogP contribution in [-0.2, 0) is 6.42 Å². The highest BCUT2D eigenvalue weighted by atomic mass is 19.3. The maximum Gasteiger partial charge on any atom is 0.387 e. The number of hydrogen-bond donors (Lipinski definition) is 2. The Kier molecular flexibility index (Phi) is 5.82. The van der Waals surface area contributed by atoms with Crippen molar-refractivity contribution in [1.82, 2.24) is 10.3 Å². The molecule has 0 atom stereocenters. The van der Waals surface area contributed by atoms with E-state index in [1.165, 1.54) is 13.2 Å². The van der Waals surface area contributed by atoms with Gasteiger partial charge in [-0.15, -0.1) is 0 Å². The third-order valence-electron chi connectivity index (χ3n) is 4.48. The maximum atomic E-state index is 12.4. The number of aromatic amines is 1. The number of ether oxygens (including phenoxy) is 2. The van der Waals surface area contributed by atoms with Crippen LogP contribution in [0.1, 0.15) is 27.2 Å². The number of aryl methyl sites for hydroxylation is 2. The highest BCUT2D eigenvalue weighted by Gasteiger charge is 2.13. The molecule has 0 radical (unpaired) electrons. The molecule has 3 aromatic rings. The first-order valence-corrected chi connectivity index (χ1v) is 8.87. The smallest absolute Gasteiger partial charge is 0.387 e. The van der Waals surface area contributed by atoms with Crippen LogP contribution in [0, 0.1) is 13.8 Å². The summed E-state index contributed by atoms with van der Waals surface area (Å²) >= 11 is 0. The van der Waals surface area contributed by atoms with Gasteiger partial charge in [-0.05, 0) is 61.2 Å². The van der Waals surface area contributed by atoms with Crippen molar-refractivity contribution >= 4 is 16.8 Å². The second-order valence-electron chi connectivity index (χ2n) is 6.60. The van der Waals surface area contributed by atoms with Gasteiger partial charge in [-0.25, -0.2) is 0 Å². The van der Waals surface area contributed by atoms with Crippen LogP contribution in [0.5, 0.6) is 11.5 Å². The van der Waals surface area contributed by atoms with Crippen molar-refractivity contribution in [2.24, 2.45) is 0 Å². The minimum atomic E-state index is -2.91. The van der Waals surface area contributed by atoms with Crippen LogP contribution >= 0.6 is 0 Å². The normalized spacial score (nSPS) is 11.1. The first kappa shape index (κ1) is 19.7. The summed E-state index contributed by atoms with van der Waals surface area (Å²) in [6.07, 6.45) is 0.523. The van der Waals surface area contributed by atoms with Crippen LogP contribution in [0.3, 0.4) is 0 Å². The van der Waals surface area contributed by atoms with E-state index in [2.05, 4.69) is 21.1 Å². The molecule has 0 saturated carbocycles. The lowest BCUT2D eigenvalue weighted by Gasteiger charge is -2.11. The zero-order valence-electron chi connectivity index (χ0n) is 15.9. The van der Waals surface area contributed by atoms with Gasteiger partial charge in [0.15, 0.2) is 11.5 Å². The predicted molar refractivity (Wildman–Crippen MR) is 103 cm³/mol. The minimum Gasteiger partial charge on any atom is -0.493 e. The number of fused-ring (bicyclic) bond motifs is 1. The number of halogens is 2. The monoisotopic (exact) mass is 388 g/mol. The average molecular weight is 388 g/mol. The maximum absolute atomic E-state index is 12.4. The lowest BCUT2D eigenvalue weighted by Crippen LogP contribution is -2.25. The summed E-state index contributed by atoms with van der Waals surface area (Å²) in [5.41, 5.74) is 4.52. The number of nitrogens with one attached hydrogen (secondary N) is 2. The fraction of sp³-hybridized carbons (Fsp3) is 0.286. The molecule has 0 saturated heterocycles. The third-order valence-corrected chi connectivity index (χ3v) is 4.48. The summed E-state index contributed by atoms with van der Waals surface area (Å²) in [6, 6.07) is 10.7. The van der Waals surface area contributed by atoms with Gasteiger partial charge in [0, 0.05) is 17.4 Å². The largest absolute Gasteiger partial charge is 0.493 e. The molecule has 0 spiro atoms. The first-order chi connectivity index (χ1) is 13.4. The van der Waals surface area contributed by atoms with Gasteiger partial charge in [0.05, 0.1) is 7.11 Å². The van der Waals surface area contributed by atoms with Crippen molar-refractivity contribution in [3.63, 3.8) is 0 Å². The fourth-order valence-electron chi connectivity index (χ4n) is 3.20. The van der Waals surface area contributed by atoms with Gasteiger partial charge in [-0.2, -0.15) is 8.78 Å². The predicted octanol–water partition coefficient (Wildman–Crippen LogP) is 4.37. The van der Waals surface area contributed by atoms with E-state index >= 15 is 0 Å². The first-order valence-electron chi connectivity index (χ1n) is 8.87. The molecule has 28 heavy (non-hydrogen) atoms. The molecular formula is C21H22F2N2O3. The Hall–Kier alpha value is -3.09. The molecule has 1 aromatic heterocycles. The Bertz CT molecular complexity index is 999. The van der Waals surface area contributed by atoms with Crippen molar-refractivity contribution < 1.29 is 23.0 Å². The molecule has 0 aliphatic heterocycles. The molecule has 3 rings (SSSR count). The van der Waals surface area contributed by atoms with E-state index < -0.39 is 6.61 Å². The number of methoxy groups -OCH3 is 1. The van der Waals surface area contributed by atoms with Crippen LogP contribution < -0.4 is 14.8 Å². The Balaban J connectivity index is 1.63. The molecule has 148 valence electrons. The zero-order chi connectivity index (χ0) is 20.3. The fourth-order valence-corrected chi connectivity index (χ4v) is 3.20. The minimum absolute atomic E-state index is 0.0194. The number of carbonyl (C=O) groups is 1. The van der Waals surface area contributed by atoms with Gasteiger partial charge in [0.1, 0.15) is 5.69 Å². The number of aromatic nitrogens is 1. The summed E-state index contributed by atoms with van der Waals surface area (Å²) in [7, 11) is 1.39. The number of carbonyl (C=O) groups excluding carboxylic acids is 1. The Morgan fingerprint density at radius 2 is 1.93 bits per heavy atom. The SMILES string of the molecule is COc1cc(CCNC(=O)c2cc3c(C)cc(C)cc3[nH]2)ccc1OC(F)F. The molecule has 7 heteroatoms. The molecule has 2 N–H and O–H groups in total. The number of H-pyrrole nitrogens is 1. The molecule has 0 unspecified atom stereocenters. The van der Waals surface area contributed by atoms with E-state index in [4.69, 9.17) is 4.74 Å². The molecule has 0 bridgehead atoms. The quantitative estimate of drug-likeness (QED) is 0.632. The standard InChI is InChI=1S/C21H22F2N2O3/c1-12-8-13(2)15-11-17(25-16(15)9-12)20(26)24-7-6-14-4-5-18(28-21(22)23)19(10-14)27-3/h4-5,8-11,21,25H,6-7H2,1-3H3,(H,24,26). The van der Waals surface area contributed by atoms with E-state index in [9.17, 15) is 13.6 Å². The van der Waals surface area contributed by atoms with Gasteiger partial charge in [0.2, 0.25) is 0 Å². The molecule has 1 heterocycles. The molecular weight excluding hydrogens is 366 g/mol. The summed E-state index contributed by atoms with van der Waals surface area (Å²) < 4.78 is 34.3. The summed E-state index contributed by atoms with van der Waals surface area (Å²) in [5, 5.41) is 3.89. The van der Waals surface area contributed by atoms with Crippen molar-refractivity contribution in [3.05, 3.63) is 58.8 Å². The van der Waals surface area contributed by atoms with Crippen LogP contribution in [0.15, 0.2) is 36.4 Å². The van der Waals surface area contributed by atoms with Crippen LogP contribution in [0.2, 0.25) is 0 Å². The number of hydrogen-bond acceptors (Lipinski definition) is 3. The van der Waals surface area contributed by atoms with Crippen molar-refractivity contribution in [2.45, 2.75) is 26.9 Å². The van der Waals surface area contributed by atoms with E-state index in [1.807, 2.05) is 26.0 Å². The number of rotatable bonds is 7. The third kappa shape index (κ3) is 4.42. The Morgan fingerprint density at radius 3 is 2.64 bits per heavy atom. The molecule has 1 amide bonds. The second kappa shape index (κ2) is 8.29. The van der Waals surface area contributed by atoms with E-state index in [0.29, 0.717) is 18.7 Å². The highest BCUT2D eigenvalue weighted by molar-refractivity contribution is 5.99. The van der Waals surface area contributed by atoms with Gasteiger partial charge in [-0.3, -0.25) is 4.79 Å². The van der Waals surface area contributed by atoms with Gasteiger partial charge >= 0.3 is 6.61 Å². The van der Waals surface area contributed by atoms with Crippen molar-refractivity contribution in [1.29, 1.82) is 0 Å². The van der Waals surface area contributed by atoms with Gasteiger partial charge in [0.25, 0.3) is 5.91 Å². The van der Waals surface area contributed by atoms with Crippen molar-refractivity contribution in [2.75, 3.05) is 13.7 Å². The average Bonchev–Trinajstić information content (AvgIpc) is 3.06.